The van der Waals surface area contributed by atoms with Crippen LogP contribution in [0.3, 0.4) is 0 Å². The number of allylic oxidation sites excluding steroid dienone is 6. The number of hydrogen-bond donors (Lipinski definition) is 1. The Morgan fingerprint density at radius 1 is 1.09 bits per heavy atom. The van der Waals surface area contributed by atoms with E-state index in [9.17, 15) is 4.79 Å². The Morgan fingerprint density at radius 3 is 2.39 bits per heavy atom. The maximum Gasteiger partial charge on any atom is 0.328 e. The molecule has 3 nitrogen and oxygen atoms in total. The average molecular weight is 316 g/mol. The highest BCUT2D eigenvalue weighted by atomic mass is 16.6. The van der Waals surface area contributed by atoms with E-state index >= 15 is 0 Å². The molecule has 2 rings (SSSR count). The van der Waals surface area contributed by atoms with E-state index in [1.165, 1.54) is 18.9 Å². The van der Waals surface area contributed by atoms with Crippen molar-refractivity contribution in [1.29, 1.82) is 0 Å². The van der Waals surface area contributed by atoms with Crippen LogP contribution in [0.1, 0.15) is 53.9 Å². The van der Waals surface area contributed by atoms with Crippen molar-refractivity contribution < 1.29 is 14.6 Å². The first-order chi connectivity index (χ1) is 10.6. The number of rotatable bonds is 5. The van der Waals surface area contributed by atoms with Crippen LogP contribution in [0.25, 0.3) is 0 Å². The predicted molar refractivity (Wildman–Crippen MR) is 93.3 cm³/mol. The highest BCUT2D eigenvalue weighted by molar-refractivity contribution is 5.81. The molecule has 0 aromatic rings. The van der Waals surface area contributed by atoms with Gasteiger partial charge in [-0.2, -0.15) is 0 Å². The molecule has 2 aliphatic rings. The predicted octanol–water partition coefficient (Wildman–Crippen LogP) is 4.81. The normalized spacial score (nSPS) is 34.0. The molecule has 0 spiro atoms. The number of ether oxygens (including phenoxy) is 1. The molecule has 0 radical (unpaired) electrons. The highest BCUT2D eigenvalue weighted by Crippen LogP contribution is 2.66. The first-order valence-corrected chi connectivity index (χ1v) is 8.28. The largest absolute Gasteiger partial charge is 0.478 e. The van der Waals surface area contributed by atoms with Crippen LogP contribution in [0.4, 0.5) is 0 Å². The molecule has 2 atom stereocenters. The topological polar surface area (TPSA) is 49.8 Å². The number of aliphatic carboxylic acids is 1. The summed E-state index contributed by atoms with van der Waals surface area (Å²) in [6, 6.07) is 0. The van der Waals surface area contributed by atoms with Crippen molar-refractivity contribution in [2.45, 2.75) is 65.1 Å². The molecular formula is C20H28O3. The monoisotopic (exact) mass is 316 g/mol. The second-order valence-corrected chi connectivity index (χ2v) is 7.64. The second kappa shape index (κ2) is 6.12. The quantitative estimate of drug-likeness (QED) is 0.450. The van der Waals surface area contributed by atoms with Gasteiger partial charge < -0.3 is 9.84 Å². The number of hydrogen-bond acceptors (Lipinski definition) is 2. The molecular weight excluding hydrogens is 288 g/mol. The molecule has 3 heteroatoms. The zero-order chi connectivity index (χ0) is 17.3. The van der Waals surface area contributed by atoms with Gasteiger partial charge in [-0.25, -0.2) is 4.79 Å². The third-order valence-corrected chi connectivity index (χ3v) is 5.24. The van der Waals surface area contributed by atoms with E-state index in [4.69, 9.17) is 9.84 Å². The Kier molecular flexibility index (Phi) is 4.72. The van der Waals surface area contributed by atoms with Gasteiger partial charge in [0, 0.05) is 11.5 Å². The fraction of sp³-hybridized carbons (Fsp3) is 0.550. The smallest absolute Gasteiger partial charge is 0.328 e. The highest BCUT2D eigenvalue weighted by Gasteiger charge is 2.73. The third-order valence-electron chi connectivity index (χ3n) is 5.24. The zero-order valence-corrected chi connectivity index (χ0v) is 14.8. The summed E-state index contributed by atoms with van der Waals surface area (Å²) < 4.78 is 6.20. The molecule has 1 unspecified atom stereocenters. The summed E-state index contributed by atoms with van der Waals surface area (Å²) in [5.41, 5.74) is 1.85. The first-order valence-electron chi connectivity index (χ1n) is 8.28. The lowest BCUT2D eigenvalue weighted by atomic mass is 9.64. The van der Waals surface area contributed by atoms with Crippen LogP contribution in [-0.2, 0) is 9.53 Å². The molecule has 126 valence electrons. The van der Waals surface area contributed by atoms with Crippen LogP contribution in [-0.4, -0.2) is 22.3 Å². The van der Waals surface area contributed by atoms with E-state index in [0.29, 0.717) is 0 Å². The lowest BCUT2D eigenvalue weighted by Crippen LogP contribution is -2.41. The molecule has 1 heterocycles. The second-order valence-electron chi connectivity index (χ2n) is 7.64. The molecule has 0 aromatic carbocycles. The van der Waals surface area contributed by atoms with Crippen LogP contribution in [0.5, 0.6) is 0 Å². The standard InChI is InChI=1S/C20H28O3/c1-15(8-6-9-16(2)14-17(21)22)10-13-20-18(3,4)11-7-12-19(20,5)23-20/h6,8-10,13-14H,7,11-12H2,1-5H3,(H,21,22)/b9-6+,13-10+,15-8+,16-14+/t19-,20?/m0/s1. The van der Waals surface area contributed by atoms with Crippen molar-refractivity contribution in [3.8, 4) is 0 Å². The van der Waals surface area contributed by atoms with Gasteiger partial charge in [0.15, 0.2) is 0 Å². The van der Waals surface area contributed by atoms with Crippen LogP contribution in [0.15, 0.2) is 47.6 Å². The summed E-state index contributed by atoms with van der Waals surface area (Å²) in [5, 5.41) is 8.68. The summed E-state index contributed by atoms with van der Waals surface area (Å²) in [7, 11) is 0. The molecule has 0 amide bonds. The number of carbonyl (C=O) groups is 1. The van der Waals surface area contributed by atoms with Gasteiger partial charge in [-0.3, -0.25) is 0 Å². The zero-order valence-electron chi connectivity index (χ0n) is 14.8. The van der Waals surface area contributed by atoms with Crippen molar-refractivity contribution in [2.75, 3.05) is 0 Å². The van der Waals surface area contributed by atoms with Crippen LogP contribution in [0.2, 0.25) is 0 Å². The Hall–Kier alpha value is -1.61. The molecule has 1 N–H and O–H groups in total. The number of carboxylic acids is 1. The molecule has 23 heavy (non-hydrogen) atoms. The fourth-order valence-corrected chi connectivity index (χ4v) is 3.81. The Balaban J connectivity index is 2.07. The molecule has 0 aromatic heterocycles. The SMILES string of the molecule is CC(/C=C/C12O[C@@]1(C)CCCC2(C)C)=C\C=C\C(C)=C\C(=O)O. The summed E-state index contributed by atoms with van der Waals surface area (Å²) in [6.45, 7) is 10.6. The van der Waals surface area contributed by atoms with E-state index in [1.807, 2.05) is 19.1 Å². The van der Waals surface area contributed by atoms with E-state index in [-0.39, 0.29) is 16.6 Å². The summed E-state index contributed by atoms with van der Waals surface area (Å²) in [4.78, 5) is 10.6. The van der Waals surface area contributed by atoms with Gasteiger partial charge in [-0.05, 0) is 51.7 Å². The van der Waals surface area contributed by atoms with Crippen LogP contribution >= 0.6 is 0 Å². The van der Waals surface area contributed by atoms with E-state index in [1.54, 1.807) is 13.0 Å². The molecule has 1 saturated heterocycles. The Labute approximate surface area is 139 Å². The van der Waals surface area contributed by atoms with E-state index in [0.717, 1.165) is 17.6 Å². The number of epoxide rings is 1. The molecule has 1 saturated carbocycles. The minimum atomic E-state index is -0.920. The molecule has 1 aliphatic carbocycles. The van der Waals surface area contributed by atoms with Gasteiger partial charge in [0.2, 0.25) is 0 Å². The Morgan fingerprint density at radius 2 is 1.78 bits per heavy atom. The average Bonchev–Trinajstić information content (AvgIpc) is 3.03. The lowest BCUT2D eigenvalue weighted by Gasteiger charge is -2.36. The van der Waals surface area contributed by atoms with Crippen LogP contribution < -0.4 is 0 Å². The molecule has 2 fully saturated rings. The van der Waals surface area contributed by atoms with E-state index in [2.05, 4.69) is 32.9 Å². The van der Waals surface area contributed by atoms with Crippen molar-refractivity contribution in [3.05, 3.63) is 47.6 Å². The van der Waals surface area contributed by atoms with Crippen molar-refractivity contribution >= 4 is 5.97 Å². The molecule has 1 aliphatic heterocycles. The van der Waals surface area contributed by atoms with E-state index < -0.39 is 5.97 Å². The third kappa shape index (κ3) is 3.50. The minimum Gasteiger partial charge on any atom is -0.478 e. The number of carboxylic acid groups (broad SMARTS) is 1. The summed E-state index contributed by atoms with van der Waals surface area (Å²) in [6.07, 6.45) is 14.8. The maximum absolute atomic E-state index is 10.6. The van der Waals surface area contributed by atoms with Crippen molar-refractivity contribution in [2.24, 2.45) is 5.41 Å². The van der Waals surface area contributed by atoms with Gasteiger partial charge in [0.05, 0.1) is 5.60 Å². The van der Waals surface area contributed by atoms with Gasteiger partial charge in [0.25, 0.3) is 0 Å². The number of fused-ring (bicyclic) bond motifs is 1. The molecule has 0 bridgehead atoms. The first kappa shape index (κ1) is 17.7. The lowest BCUT2D eigenvalue weighted by molar-refractivity contribution is -0.131. The van der Waals surface area contributed by atoms with Gasteiger partial charge in [0.1, 0.15) is 5.60 Å². The summed E-state index contributed by atoms with van der Waals surface area (Å²) >= 11 is 0. The van der Waals surface area contributed by atoms with Gasteiger partial charge in [-0.1, -0.05) is 43.7 Å². The maximum atomic E-state index is 10.6. The minimum absolute atomic E-state index is 0.0117. The fourth-order valence-electron chi connectivity index (χ4n) is 3.81. The summed E-state index contributed by atoms with van der Waals surface area (Å²) in [5.74, 6) is -0.920. The Bertz CT molecular complexity index is 606. The van der Waals surface area contributed by atoms with Gasteiger partial charge in [-0.15, -0.1) is 0 Å². The van der Waals surface area contributed by atoms with Crippen LogP contribution in [0, 0.1) is 5.41 Å². The van der Waals surface area contributed by atoms with Crippen molar-refractivity contribution in [1.82, 2.24) is 0 Å². The van der Waals surface area contributed by atoms with Gasteiger partial charge >= 0.3 is 5.97 Å². The van der Waals surface area contributed by atoms with Crippen molar-refractivity contribution in [3.63, 3.8) is 0 Å².